The number of para-hydroxylation sites is 4. The van der Waals surface area contributed by atoms with E-state index in [-0.39, 0.29) is 110 Å². The van der Waals surface area contributed by atoms with Gasteiger partial charge in [0.05, 0.1) is 71.0 Å². The van der Waals surface area contributed by atoms with E-state index in [1.54, 1.807) is 92.0 Å². The van der Waals surface area contributed by atoms with Gasteiger partial charge < -0.3 is 42.4 Å². The quantitative estimate of drug-likeness (QED) is 0.0741. The fourth-order valence-electron chi connectivity index (χ4n) is 12.1. The van der Waals surface area contributed by atoms with Crippen molar-refractivity contribution in [3.63, 3.8) is 0 Å². The molecule has 18 aromatic rings. The average molecular weight is 1670 g/mol. The minimum Gasteiger partial charge on any atom is -0.436 e. The molecule has 0 aliphatic carbocycles. The van der Waals surface area contributed by atoms with Gasteiger partial charge in [0.1, 0.15) is 22.2 Å². The predicted molar refractivity (Wildman–Crippen MR) is 484 cm³/mol. The number of pyridine rings is 7. The molecule has 4 aromatic carbocycles. The van der Waals surface area contributed by atoms with Crippen LogP contribution in [-0.2, 0) is 19.8 Å². The summed E-state index contributed by atoms with van der Waals surface area (Å²) in [4.78, 5) is 62.9. The number of H-pyrrole nitrogens is 1. The Kier molecular flexibility index (Phi) is 34.3. The molecule has 0 fully saturated rings. The van der Waals surface area contributed by atoms with Crippen LogP contribution in [0.2, 0.25) is 0 Å². The van der Waals surface area contributed by atoms with Crippen molar-refractivity contribution in [3.8, 4) is 68.7 Å². The minimum absolute atomic E-state index is 0. The molecule has 26 heteroatoms. The second kappa shape index (κ2) is 43.7. The van der Waals surface area contributed by atoms with Crippen molar-refractivity contribution in [3.05, 3.63) is 276 Å². The molecule has 23 nitrogen and oxygen atoms in total. The molecule has 642 valence electrons. The monoisotopic (exact) mass is 1670 g/mol. The summed E-state index contributed by atoms with van der Waals surface area (Å²) >= 11 is 0. The summed E-state index contributed by atoms with van der Waals surface area (Å²) in [5.41, 5.74) is 19.1. The van der Waals surface area contributed by atoms with Crippen LogP contribution in [-0.4, -0.2) is 90.1 Å². The lowest BCUT2D eigenvalue weighted by Crippen LogP contribution is -1.98. The number of benzene rings is 4. The molecule has 123 heavy (non-hydrogen) atoms. The topological polar surface area (TPSA) is 323 Å². The highest BCUT2D eigenvalue weighted by atomic mass is 19.1. The van der Waals surface area contributed by atoms with Crippen LogP contribution in [0.25, 0.3) is 135 Å². The standard InChI is InChI=1S/C17H18N2O.C16H15FN2O2.C15H13FN2O.C15H15N3O2.C14H12FN3O.C14H13N3O.6CH4/c1-11(2)13-7-14(17(10-20)18-9-13)16-8-12-5-3-4-6-15(12)19-16;1-9(2)10-6-11(13(8-20)18-7-10)16-19-15-12(17)4-3-5-14(15)21-16;1-9(2)10-6-11(8-17-7-10)15-18-14-12(16)4-3-5-13(14)19-15;1-9(2)10-6-11(12(8-19)17-7-10)15-18-14-13(20-15)4-3-5-16-14;1-8(2)10-6-16-7-11(17-10)14-18-13-9(15)4-3-5-12(13)19-14;1-9(2)10-6-11(8-15-7-10)14-17-13-12(18-14)4-3-5-16-13;;;;;;/h3-9,11,19-20H,10H2,1-2H3;3-7,9,20H,8H2,1-2H3;3-9H,1-2H3;3-7,9,19H,8H2,1-2H3;3-8H,1-2H3;3-9H,1-2H3;6*1H4. The lowest BCUT2D eigenvalue weighted by Gasteiger charge is -2.10. The summed E-state index contributed by atoms with van der Waals surface area (Å²) < 4.78 is 69.0. The number of hydrogen-bond acceptors (Lipinski definition) is 22. The zero-order valence-corrected chi connectivity index (χ0v) is 66.5. The fourth-order valence-corrected chi connectivity index (χ4v) is 12.1. The van der Waals surface area contributed by atoms with Gasteiger partial charge in [-0.3, -0.25) is 29.9 Å². The summed E-state index contributed by atoms with van der Waals surface area (Å²) in [6, 6.07) is 41.4. The van der Waals surface area contributed by atoms with E-state index in [1.165, 1.54) is 34.7 Å². The second-order valence-electron chi connectivity index (χ2n) is 29.3. The van der Waals surface area contributed by atoms with E-state index in [2.05, 4.69) is 160 Å². The van der Waals surface area contributed by atoms with E-state index in [0.717, 1.165) is 55.8 Å². The molecule has 0 amide bonds. The Bertz CT molecular complexity index is 6090. The van der Waals surface area contributed by atoms with Gasteiger partial charge in [-0.1, -0.05) is 164 Å². The van der Waals surface area contributed by atoms with Crippen molar-refractivity contribution in [2.75, 3.05) is 0 Å². The van der Waals surface area contributed by atoms with E-state index < -0.39 is 11.6 Å². The fraction of sp³-hybridized carbons (Fsp3) is 0.278. The number of aromatic amines is 1. The summed E-state index contributed by atoms with van der Waals surface area (Å²) in [7, 11) is 0. The predicted octanol–water partition coefficient (Wildman–Crippen LogP) is 25.3. The minimum atomic E-state index is -0.430. The van der Waals surface area contributed by atoms with Gasteiger partial charge in [-0.25, -0.2) is 43.1 Å². The summed E-state index contributed by atoms with van der Waals surface area (Å²) in [5.74, 6) is 2.86. The zero-order chi connectivity index (χ0) is 82.6. The van der Waals surface area contributed by atoms with Crippen molar-refractivity contribution in [1.82, 2.24) is 74.8 Å². The van der Waals surface area contributed by atoms with Crippen LogP contribution < -0.4 is 0 Å². The molecule has 0 saturated carbocycles. The van der Waals surface area contributed by atoms with Crippen LogP contribution in [0.4, 0.5) is 13.2 Å². The van der Waals surface area contributed by atoms with Crippen molar-refractivity contribution in [1.29, 1.82) is 0 Å². The van der Waals surface area contributed by atoms with Crippen molar-refractivity contribution < 1.29 is 50.6 Å². The van der Waals surface area contributed by atoms with Crippen LogP contribution in [0.15, 0.2) is 230 Å². The number of hydrogen-bond donors (Lipinski definition) is 4. The molecule has 14 heterocycles. The number of nitrogens with one attached hydrogen (secondary N) is 1. The first-order chi connectivity index (χ1) is 56.5. The Labute approximate surface area is 715 Å². The Morgan fingerprint density at radius 3 is 1.13 bits per heavy atom. The Hall–Kier alpha value is -13.4. The third-order valence-electron chi connectivity index (χ3n) is 19.0. The molecule has 0 radical (unpaired) electrons. The number of halogens is 3. The molecule has 0 saturated heterocycles. The smallest absolute Gasteiger partial charge is 0.247 e. The van der Waals surface area contributed by atoms with Gasteiger partial charge >= 0.3 is 0 Å². The van der Waals surface area contributed by atoms with Gasteiger partial charge in [0.2, 0.25) is 29.5 Å². The SMILES string of the molecule is C.C.C.C.C.C.CC(C)c1cnc(CO)c(-c2cc3ccccc3[nH]2)c1.CC(C)c1cnc(CO)c(-c2nc3c(F)cccc3o2)c1.CC(C)c1cnc(CO)c(-c2nc3ncccc3o2)c1.CC(C)c1cncc(-c2nc3c(F)cccc3o2)c1.CC(C)c1cncc(-c2nc3c(F)cccc3o2)n1.CC(C)c1cncc(-c2nc3ncccc3o2)c1. The summed E-state index contributed by atoms with van der Waals surface area (Å²) in [5, 5.41) is 29.5. The van der Waals surface area contributed by atoms with Gasteiger partial charge in [0.15, 0.2) is 56.7 Å². The van der Waals surface area contributed by atoms with E-state index >= 15 is 0 Å². The van der Waals surface area contributed by atoms with Crippen LogP contribution in [0.3, 0.4) is 0 Å². The van der Waals surface area contributed by atoms with Gasteiger partial charge in [-0.2, -0.15) is 9.97 Å². The number of rotatable bonds is 15. The van der Waals surface area contributed by atoms with Crippen molar-refractivity contribution >= 4 is 66.7 Å². The van der Waals surface area contributed by atoms with E-state index in [0.29, 0.717) is 109 Å². The number of aliphatic hydroxyl groups is 3. The lowest BCUT2D eigenvalue weighted by molar-refractivity contribution is 0.277. The van der Waals surface area contributed by atoms with Gasteiger partial charge in [0.25, 0.3) is 0 Å². The van der Waals surface area contributed by atoms with Crippen LogP contribution in [0.5, 0.6) is 0 Å². The van der Waals surface area contributed by atoms with Crippen LogP contribution in [0.1, 0.15) is 214 Å². The third-order valence-corrected chi connectivity index (χ3v) is 19.0. The number of nitrogens with zero attached hydrogens (tertiary/aromatic N) is 14. The van der Waals surface area contributed by atoms with E-state index in [9.17, 15) is 28.5 Å². The molecular weight excluding hydrogens is 1560 g/mol. The number of oxazole rings is 5. The zero-order valence-electron chi connectivity index (χ0n) is 66.5. The molecule has 18 rings (SSSR count). The molecule has 4 N–H and O–H groups in total. The van der Waals surface area contributed by atoms with E-state index in [1.807, 2.05) is 94.8 Å². The number of aliphatic hydroxyl groups excluding tert-OH is 3. The highest BCUT2D eigenvalue weighted by Crippen LogP contribution is 2.35. The molecule has 0 aliphatic heterocycles. The van der Waals surface area contributed by atoms with Crippen LogP contribution >= 0.6 is 0 Å². The first-order valence-corrected chi connectivity index (χ1v) is 38.2. The molecule has 14 aromatic heterocycles. The molecule has 0 spiro atoms. The largest absolute Gasteiger partial charge is 0.436 e. The highest BCUT2D eigenvalue weighted by Gasteiger charge is 2.22. The van der Waals surface area contributed by atoms with Crippen molar-refractivity contribution in [2.45, 2.75) is 183 Å². The molecule has 0 bridgehead atoms. The maximum atomic E-state index is 13.7. The highest BCUT2D eigenvalue weighted by molar-refractivity contribution is 5.87. The second-order valence-corrected chi connectivity index (χ2v) is 29.3. The van der Waals surface area contributed by atoms with Crippen LogP contribution in [0, 0.1) is 17.5 Å². The normalized spacial score (nSPS) is 10.8. The van der Waals surface area contributed by atoms with Gasteiger partial charge in [-0.05, 0) is 166 Å². The summed E-state index contributed by atoms with van der Waals surface area (Å²) in [6.07, 6.45) is 19.1. The Morgan fingerprint density at radius 2 is 0.691 bits per heavy atom. The third kappa shape index (κ3) is 22.8. The first kappa shape index (κ1) is 96.7. The Morgan fingerprint density at radius 1 is 0.325 bits per heavy atom. The first-order valence-electron chi connectivity index (χ1n) is 38.2. The molecular formula is C97H110F3N15O8. The average Bonchev–Trinajstić information content (AvgIpc) is 1.53. The van der Waals surface area contributed by atoms with Gasteiger partial charge in [-0.15, -0.1) is 0 Å². The maximum absolute atomic E-state index is 13.7. The summed E-state index contributed by atoms with van der Waals surface area (Å²) in [6.45, 7) is 24.6. The lowest BCUT2D eigenvalue weighted by atomic mass is 10.0. The van der Waals surface area contributed by atoms with Gasteiger partial charge in [0, 0.05) is 84.1 Å². The Balaban J connectivity index is 0.000000201. The molecule has 0 unspecified atom stereocenters. The molecule has 0 atom stereocenters. The number of aromatic nitrogens is 15. The van der Waals surface area contributed by atoms with Crippen molar-refractivity contribution in [2.24, 2.45) is 0 Å². The molecule has 0 aliphatic rings. The number of fused-ring (bicyclic) bond motifs is 6. The van der Waals surface area contributed by atoms with E-state index in [4.69, 9.17) is 22.1 Å². The maximum Gasteiger partial charge on any atom is 0.247 e.